The van der Waals surface area contributed by atoms with E-state index in [2.05, 4.69) is 0 Å². The van der Waals surface area contributed by atoms with Crippen LogP contribution in [0.3, 0.4) is 0 Å². The molecule has 2 nitrogen and oxygen atoms in total. The highest BCUT2D eigenvalue weighted by atomic mass is 32.2. The predicted molar refractivity (Wildman–Crippen MR) is 68.0 cm³/mol. The standard InChI is InChI=1S/C12H19F5O2S/c1-8(2)19-10(18)9(3)20-7-5-4-6-11(13,14)12(15,16)17/h8-9H,4-7H2,1-3H3. The number of rotatable bonds is 8. The summed E-state index contributed by atoms with van der Waals surface area (Å²) >= 11 is 1.18. The maximum atomic E-state index is 12.6. The van der Waals surface area contributed by atoms with Crippen molar-refractivity contribution in [2.75, 3.05) is 5.75 Å². The molecule has 0 fully saturated rings. The van der Waals surface area contributed by atoms with Crippen molar-refractivity contribution in [1.82, 2.24) is 0 Å². The fourth-order valence-electron chi connectivity index (χ4n) is 1.25. The lowest BCUT2D eigenvalue weighted by Gasteiger charge is -2.19. The van der Waals surface area contributed by atoms with Crippen LogP contribution in [0.1, 0.15) is 40.0 Å². The first-order valence-corrected chi connectivity index (χ1v) is 7.29. The lowest BCUT2D eigenvalue weighted by Crippen LogP contribution is -2.36. The largest absolute Gasteiger partial charge is 0.462 e. The van der Waals surface area contributed by atoms with Gasteiger partial charge in [0.05, 0.1) is 11.4 Å². The second-order valence-corrected chi connectivity index (χ2v) is 6.11. The Balaban J connectivity index is 3.85. The van der Waals surface area contributed by atoms with Gasteiger partial charge in [0.2, 0.25) is 0 Å². The molecule has 0 spiro atoms. The quantitative estimate of drug-likeness (QED) is 0.376. The van der Waals surface area contributed by atoms with E-state index < -0.39 is 29.7 Å². The Morgan fingerprint density at radius 2 is 1.65 bits per heavy atom. The normalized spacial score (nSPS) is 14.4. The van der Waals surface area contributed by atoms with Crippen LogP contribution in [0.5, 0.6) is 0 Å². The van der Waals surface area contributed by atoms with Crippen LogP contribution >= 0.6 is 11.8 Å². The van der Waals surface area contributed by atoms with Crippen molar-refractivity contribution in [3.05, 3.63) is 0 Å². The summed E-state index contributed by atoms with van der Waals surface area (Å²) < 4.78 is 65.7. The van der Waals surface area contributed by atoms with Crippen LogP contribution in [0.25, 0.3) is 0 Å². The van der Waals surface area contributed by atoms with E-state index in [4.69, 9.17) is 4.74 Å². The number of thioether (sulfide) groups is 1. The molecule has 0 heterocycles. The first kappa shape index (κ1) is 19.5. The Kier molecular flexibility index (Phi) is 7.83. The van der Waals surface area contributed by atoms with Crippen molar-refractivity contribution >= 4 is 17.7 Å². The van der Waals surface area contributed by atoms with E-state index in [-0.39, 0.29) is 18.9 Å². The predicted octanol–water partition coefficient (Wildman–Crippen LogP) is 4.43. The molecule has 0 N–H and O–H groups in total. The zero-order valence-electron chi connectivity index (χ0n) is 11.6. The summed E-state index contributed by atoms with van der Waals surface area (Å²) in [6.07, 6.45) is -7.01. The first-order chi connectivity index (χ1) is 8.97. The van der Waals surface area contributed by atoms with E-state index in [1.165, 1.54) is 11.8 Å². The van der Waals surface area contributed by atoms with Crippen LogP contribution < -0.4 is 0 Å². The molecule has 0 aliphatic rings. The molecular weight excluding hydrogens is 303 g/mol. The topological polar surface area (TPSA) is 26.3 Å². The molecule has 0 amide bonds. The Hall–Kier alpha value is -0.530. The Morgan fingerprint density at radius 3 is 2.10 bits per heavy atom. The van der Waals surface area contributed by atoms with E-state index in [9.17, 15) is 26.7 Å². The second kappa shape index (κ2) is 8.05. The number of esters is 1. The molecule has 0 aliphatic heterocycles. The van der Waals surface area contributed by atoms with Crippen LogP contribution in [0.15, 0.2) is 0 Å². The van der Waals surface area contributed by atoms with Crippen LogP contribution in [-0.2, 0) is 9.53 Å². The Bertz CT molecular complexity index is 305. The van der Waals surface area contributed by atoms with Crippen molar-refractivity contribution in [2.24, 2.45) is 0 Å². The highest BCUT2D eigenvalue weighted by molar-refractivity contribution is 8.00. The maximum Gasteiger partial charge on any atom is 0.453 e. The molecule has 0 radical (unpaired) electrons. The summed E-state index contributed by atoms with van der Waals surface area (Å²) in [5.41, 5.74) is 0. The van der Waals surface area contributed by atoms with Gasteiger partial charge in [-0.3, -0.25) is 4.79 Å². The number of hydrogen-bond acceptors (Lipinski definition) is 3. The third-order valence-corrected chi connectivity index (χ3v) is 3.57. The van der Waals surface area contributed by atoms with Gasteiger partial charge in [-0.25, -0.2) is 0 Å². The number of halogens is 5. The van der Waals surface area contributed by atoms with Gasteiger partial charge in [-0.15, -0.1) is 11.8 Å². The SMILES string of the molecule is CC(C)OC(=O)C(C)SCCCCC(F)(F)C(F)(F)F. The molecule has 0 bridgehead atoms. The molecule has 120 valence electrons. The van der Waals surface area contributed by atoms with Gasteiger partial charge in [0.15, 0.2) is 0 Å². The van der Waals surface area contributed by atoms with Gasteiger partial charge in [-0.1, -0.05) is 0 Å². The fourth-order valence-corrected chi connectivity index (χ4v) is 2.16. The fraction of sp³-hybridized carbons (Fsp3) is 0.917. The summed E-state index contributed by atoms with van der Waals surface area (Å²) in [7, 11) is 0. The molecule has 1 atom stereocenters. The Morgan fingerprint density at radius 1 is 1.10 bits per heavy atom. The van der Waals surface area contributed by atoms with Crippen molar-refractivity contribution < 1.29 is 31.5 Å². The number of hydrogen-bond donors (Lipinski definition) is 0. The monoisotopic (exact) mass is 322 g/mol. The van der Waals surface area contributed by atoms with Crippen molar-refractivity contribution in [1.29, 1.82) is 0 Å². The van der Waals surface area contributed by atoms with Crippen molar-refractivity contribution in [3.8, 4) is 0 Å². The molecule has 0 aliphatic carbocycles. The molecule has 1 unspecified atom stereocenters. The van der Waals surface area contributed by atoms with Gasteiger partial charge in [0.1, 0.15) is 0 Å². The molecule has 8 heteroatoms. The first-order valence-electron chi connectivity index (χ1n) is 6.24. The van der Waals surface area contributed by atoms with E-state index in [1.54, 1.807) is 20.8 Å². The molecular formula is C12H19F5O2S. The minimum absolute atomic E-state index is 0.190. The molecule has 0 aromatic heterocycles. The lowest BCUT2D eigenvalue weighted by atomic mass is 10.1. The van der Waals surface area contributed by atoms with Crippen LogP contribution in [0.2, 0.25) is 0 Å². The van der Waals surface area contributed by atoms with Crippen LogP contribution in [0.4, 0.5) is 22.0 Å². The highest BCUT2D eigenvalue weighted by Crippen LogP contribution is 2.39. The van der Waals surface area contributed by atoms with Gasteiger partial charge in [0.25, 0.3) is 0 Å². The number of carbonyl (C=O) groups excluding carboxylic acids is 1. The third kappa shape index (κ3) is 7.31. The van der Waals surface area contributed by atoms with Gasteiger partial charge in [-0.2, -0.15) is 22.0 Å². The second-order valence-electron chi connectivity index (χ2n) is 4.66. The summed E-state index contributed by atoms with van der Waals surface area (Å²) in [4.78, 5) is 11.4. The molecule has 0 rings (SSSR count). The summed E-state index contributed by atoms with van der Waals surface area (Å²) in [6, 6.07) is 0. The average molecular weight is 322 g/mol. The Labute approximate surface area is 119 Å². The lowest BCUT2D eigenvalue weighted by molar-refractivity contribution is -0.284. The summed E-state index contributed by atoms with van der Waals surface area (Å²) in [6.45, 7) is 5.02. The summed E-state index contributed by atoms with van der Waals surface area (Å²) in [5.74, 6) is -4.71. The number of alkyl halides is 5. The van der Waals surface area contributed by atoms with Crippen molar-refractivity contribution in [3.63, 3.8) is 0 Å². The third-order valence-electron chi connectivity index (χ3n) is 2.35. The van der Waals surface area contributed by atoms with E-state index in [0.717, 1.165) is 0 Å². The minimum Gasteiger partial charge on any atom is -0.462 e. The summed E-state index contributed by atoms with van der Waals surface area (Å²) in [5, 5.41) is -0.458. The van der Waals surface area contributed by atoms with E-state index in [0.29, 0.717) is 5.75 Å². The van der Waals surface area contributed by atoms with Crippen LogP contribution in [0, 0.1) is 0 Å². The van der Waals surface area contributed by atoms with E-state index in [1.807, 2.05) is 0 Å². The molecule has 0 saturated carbocycles. The van der Waals surface area contributed by atoms with Crippen molar-refractivity contribution in [2.45, 2.75) is 63.5 Å². The van der Waals surface area contributed by atoms with Crippen LogP contribution in [-0.4, -0.2) is 35.2 Å². The molecule has 0 saturated heterocycles. The highest BCUT2D eigenvalue weighted by Gasteiger charge is 2.56. The smallest absolute Gasteiger partial charge is 0.453 e. The number of carbonyl (C=O) groups is 1. The van der Waals surface area contributed by atoms with Gasteiger partial charge in [-0.05, 0) is 39.4 Å². The zero-order chi connectivity index (χ0) is 16.0. The zero-order valence-corrected chi connectivity index (χ0v) is 12.4. The number of ether oxygens (including phenoxy) is 1. The van der Waals surface area contributed by atoms with Gasteiger partial charge >= 0.3 is 18.1 Å². The molecule has 0 aromatic rings. The average Bonchev–Trinajstić information content (AvgIpc) is 2.25. The number of unbranched alkanes of at least 4 members (excludes halogenated alkanes) is 1. The minimum atomic E-state index is -5.49. The van der Waals surface area contributed by atoms with E-state index >= 15 is 0 Å². The van der Waals surface area contributed by atoms with Gasteiger partial charge < -0.3 is 4.74 Å². The maximum absolute atomic E-state index is 12.6. The van der Waals surface area contributed by atoms with Gasteiger partial charge in [0, 0.05) is 6.42 Å². The molecule has 20 heavy (non-hydrogen) atoms. The molecule has 0 aromatic carbocycles.